The summed E-state index contributed by atoms with van der Waals surface area (Å²) in [5.74, 6) is 0.432. The highest BCUT2D eigenvalue weighted by atomic mass is 16.5. The van der Waals surface area contributed by atoms with Crippen LogP contribution in [0.2, 0.25) is 0 Å². The number of carbonyl (C=O) groups excluding carboxylic acids is 2. The Hall–Kier alpha value is -2.08. The summed E-state index contributed by atoms with van der Waals surface area (Å²) in [6.07, 6.45) is 2.04. The molecule has 0 bridgehead atoms. The molecule has 26 heavy (non-hydrogen) atoms. The number of urea groups is 1. The Morgan fingerprint density at radius 2 is 2.12 bits per heavy atom. The van der Waals surface area contributed by atoms with Gasteiger partial charge in [0.1, 0.15) is 0 Å². The number of amides is 3. The molecule has 144 valence electrons. The Labute approximate surface area is 156 Å². The zero-order valence-corrected chi connectivity index (χ0v) is 16.2. The molecule has 6 heteroatoms. The van der Waals surface area contributed by atoms with E-state index in [1.807, 2.05) is 23.1 Å². The summed E-state index contributed by atoms with van der Waals surface area (Å²) in [5.41, 5.74) is 2.31. The molecule has 1 N–H and O–H groups in total. The van der Waals surface area contributed by atoms with Crippen LogP contribution in [-0.2, 0) is 16.1 Å². The first-order chi connectivity index (χ1) is 12.5. The highest BCUT2D eigenvalue weighted by Crippen LogP contribution is 2.16. The molecule has 1 fully saturated rings. The normalized spacial score (nSPS) is 17.0. The smallest absolute Gasteiger partial charge is 0.317 e. The second-order valence-electron chi connectivity index (χ2n) is 7.00. The molecule has 0 spiro atoms. The van der Waals surface area contributed by atoms with Crippen molar-refractivity contribution in [1.82, 2.24) is 15.1 Å². The van der Waals surface area contributed by atoms with E-state index in [2.05, 4.69) is 18.3 Å². The maximum atomic E-state index is 12.7. The summed E-state index contributed by atoms with van der Waals surface area (Å²) in [6.45, 7) is 7.42. The fourth-order valence-electron chi connectivity index (χ4n) is 3.31. The number of aryl methyl sites for hydroxylation is 1. The van der Waals surface area contributed by atoms with Crippen LogP contribution in [0, 0.1) is 12.8 Å². The van der Waals surface area contributed by atoms with Gasteiger partial charge in [-0.05, 0) is 36.8 Å². The number of nitrogens with zero attached hydrogens (tertiary/aromatic N) is 2. The van der Waals surface area contributed by atoms with Gasteiger partial charge in [-0.15, -0.1) is 0 Å². The van der Waals surface area contributed by atoms with Crippen LogP contribution in [0.4, 0.5) is 4.79 Å². The van der Waals surface area contributed by atoms with Gasteiger partial charge in [-0.25, -0.2) is 4.79 Å². The third-order valence-electron chi connectivity index (χ3n) is 4.98. The molecule has 0 saturated carbocycles. The average Bonchev–Trinajstić information content (AvgIpc) is 2.64. The van der Waals surface area contributed by atoms with Crippen molar-refractivity contribution in [2.45, 2.75) is 33.2 Å². The van der Waals surface area contributed by atoms with Crippen molar-refractivity contribution in [2.24, 2.45) is 5.92 Å². The van der Waals surface area contributed by atoms with Crippen molar-refractivity contribution in [3.05, 3.63) is 35.4 Å². The number of likely N-dealkylation sites (tertiary alicyclic amines) is 1. The first-order valence-corrected chi connectivity index (χ1v) is 9.33. The van der Waals surface area contributed by atoms with Crippen LogP contribution < -0.4 is 5.32 Å². The lowest BCUT2D eigenvalue weighted by Gasteiger charge is -2.32. The predicted octanol–water partition coefficient (Wildman–Crippen LogP) is 2.41. The molecule has 1 aliphatic rings. The number of rotatable bonds is 7. The van der Waals surface area contributed by atoms with E-state index in [0.29, 0.717) is 32.2 Å². The molecule has 1 aliphatic heterocycles. The van der Waals surface area contributed by atoms with E-state index < -0.39 is 0 Å². The minimum Gasteiger partial charge on any atom is -0.383 e. The maximum absolute atomic E-state index is 12.7. The lowest BCUT2D eigenvalue weighted by atomic mass is 9.98. The van der Waals surface area contributed by atoms with Gasteiger partial charge in [-0.1, -0.05) is 24.3 Å². The Balaban J connectivity index is 1.91. The monoisotopic (exact) mass is 361 g/mol. The lowest BCUT2D eigenvalue weighted by Crippen LogP contribution is -2.46. The molecule has 2 rings (SSSR count). The van der Waals surface area contributed by atoms with Crippen molar-refractivity contribution >= 4 is 11.9 Å². The summed E-state index contributed by atoms with van der Waals surface area (Å²) in [4.78, 5) is 27.9. The van der Waals surface area contributed by atoms with E-state index in [9.17, 15) is 9.59 Å². The van der Waals surface area contributed by atoms with Gasteiger partial charge in [0.15, 0.2) is 0 Å². The number of nitrogens with one attached hydrogen (secondary N) is 1. The fraction of sp³-hybridized carbons (Fsp3) is 0.600. The Kier molecular flexibility index (Phi) is 7.91. The van der Waals surface area contributed by atoms with Gasteiger partial charge < -0.3 is 19.9 Å². The van der Waals surface area contributed by atoms with Gasteiger partial charge in [0.25, 0.3) is 0 Å². The molecule has 1 heterocycles. The van der Waals surface area contributed by atoms with Crippen LogP contribution in [0.1, 0.15) is 30.9 Å². The summed E-state index contributed by atoms with van der Waals surface area (Å²) in [6, 6.07) is 8.02. The molecule has 1 atom stereocenters. The zero-order chi connectivity index (χ0) is 18.9. The summed E-state index contributed by atoms with van der Waals surface area (Å²) in [7, 11) is 1.64. The van der Waals surface area contributed by atoms with Gasteiger partial charge in [0.05, 0.1) is 6.61 Å². The third kappa shape index (κ3) is 6.02. The fourth-order valence-corrected chi connectivity index (χ4v) is 3.31. The van der Waals surface area contributed by atoms with Crippen LogP contribution in [0.5, 0.6) is 0 Å². The van der Waals surface area contributed by atoms with Crippen molar-refractivity contribution in [2.75, 3.05) is 39.9 Å². The van der Waals surface area contributed by atoms with Crippen LogP contribution in [0.25, 0.3) is 0 Å². The summed E-state index contributed by atoms with van der Waals surface area (Å²) >= 11 is 0. The molecule has 1 saturated heterocycles. The van der Waals surface area contributed by atoms with Crippen molar-refractivity contribution in [3.8, 4) is 0 Å². The van der Waals surface area contributed by atoms with E-state index in [4.69, 9.17) is 4.74 Å². The van der Waals surface area contributed by atoms with Gasteiger partial charge >= 0.3 is 6.03 Å². The zero-order valence-electron chi connectivity index (χ0n) is 16.2. The molecule has 1 aromatic rings. The number of carbonyl (C=O) groups is 2. The van der Waals surface area contributed by atoms with Gasteiger partial charge in [0.2, 0.25) is 5.91 Å². The third-order valence-corrected chi connectivity index (χ3v) is 4.98. The van der Waals surface area contributed by atoms with Crippen LogP contribution in [-0.4, -0.2) is 61.6 Å². The largest absolute Gasteiger partial charge is 0.383 e. The molecule has 6 nitrogen and oxygen atoms in total. The molecular weight excluding hydrogens is 330 g/mol. The number of methoxy groups -OCH3 is 1. The lowest BCUT2D eigenvalue weighted by molar-refractivity contribution is -0.130. The molecule has 3 amide bonds. The van der Waals surface area contributed by atoms with Crippen LogP contribution in [0.3, 0.4) is 0 Å². The average molecular weight is 361 g/mol. The topological polar surface area (TPSA) is 61.9 Å². The molecule has 0 aliphatic carbocycles. The number of benzene rings is 1. The quantitative estimate of drug-likeness (QED) is 0.811. The first-order valence-electron chi connectivity index (χ1n) is 9.33. The standard InChI is InChI=1S/C20H31N3O3/c1-16-7-4-5-9-19(16)15-23(11-12-26-3)20(25)21-13-18-8-6-10-22(14-18)17(2)24/h4-5,7,9,18H,6,8,10-15H2,1-3H3,(H,21,25). The second-order valence-corrected chi connectivity index (χ2v) is 7.00. The van der Waals surface area contributed by atoms with Gasteiger partial charge in [-0.2, -0.15) is 0 Å². The van der Waals surface area contributed by atoms with E-state index in [1.54, 1.807) is 18.9 Å². The SMILES string of the molecule is COCCN(Cc1ccccc1C)C(=O)NCC1CCCN(C(C)=O)C1. The molecule has 0 radical (unpaired) electrons. The number of ether oxygens (including phenoxy) is 1. The molecular formula is C20H31N3O3. The highest BCUT2D eigenvalue weighted by molar-refractivity contribution is 5.74. The van der Waals surface area contributed by atoms with Crippen LogP contribution in [0.15, 0.2) is 24.3 Å². The van der Waals surface area contributed by atoms with E-state index in [-0.39, 0.29) is 11.9 Å². The summed E-state index contributed by atoms with van der Waals surface area (Å²) < 4.78 is 5.16. The minimum atomic E-state index is -0.0785. The van der Waals surface area contributed by atoms with Gasteiger partial charge in [-0.3, -0.25) is 4.79 Å². The second kappa shape index (κ2) is 10.2. The van der Waals surface area contributed by atoms with Gasteiger partial charge in [0, 0.05) is 46.8 Å². The molecule has 1 aromatic carbocycles. The Bertz CT molecular complexity index is 606. The Morgan fingerprint density at radius 3 is 2.81 bits per heavy atom. The van der Waals surface area contributed by atoms with Crippen LogP contribution >= 0.6 is 0 Å². The van der Waals surface area contributed by atoms with Crippen molar-refractivity contribution in [3.63, 3.8) is 0 Å². The number of hydrogen-bond acceptors (Lipinski definition) is 3. The minimum absolute atomic E-state index is 0.0785. The van der Waals surface area contributed by atoms with E-state index in [1.165, 1.54) is 5.56 Å². The molecule has 1 unspecified atom stereocenters. The maximum Gasteiger partial charge on any atom is 0.317 e. The number of piperidine rings is 1. The van der Waals surface area contributed by atoms with E-state index >= 15 is 0 Å². The molecule has 0 aromatic heterocycles. The first kappa shape index (κ1) is 20.2. The van der Waals surface area contributed by atoms with E-state index in [0.717, 1.165) is 31.5 Å². The predicted molar refractivity (Wildman–Crippen MR) is 102 cm³/mol. The number of hydrogen-bond donors (Lipinski definition) is 1. The van der Waals surface area contributed by atoms with Crippen molar-refractivity contribution in [1.29, 1.82) is 0 Å². The highest BCUT2D eigenvalue weighted by Gasteiger charge is 2.23. The van der Waals surface area contributed by atoms with Crippen molar-refractivity contribution < 1.29 is 14.3 Å². The summed E-state index contributed by atoms with van der Waals surface area (Å²) in [5, 5.41) is 3.05. The Morgan fingerprint density at radius 1 is 1.35 bits per heavy atom.